The van der Waals surface area contributed by atoms with Crippen molar-refractivity contribution in [2.75, 3.05) is 20.7 Å². The molecule has 1 rings (SSSR count). The Morgan fingerprint density at radius 3 is 2.44 bits per heavy atom. The van der Waals surface area contributed by atoms with Crippen LogP contribution >= 0.6 is 0 Å². The lowest BCUT2D eigenvalue weighted by Gasteiger charge is -2.07. The van der Waals surface area contributed by atoms with E-state index in [2.05, 4.69) is 6.92 Å². The van der Waals surface area contributed by atoms with E-state index in [0.717, 1.165) is 13.0 Å². The summed E-state index contributed by atoms with van der Waals surface area (Å²) in [6.07, 6.45) is 10.8. The maximum absolute atomic E-state index is 9.43. The number of unbranched alkanes of at least 4 members (excludes halogenated alkanes) is 3. The molecule has 0 aromatic heterocycles. The molecule has 0 radical (unpaired) electrons. The van der Waals surface area contributed by atoms with Crippen LogP contribution in [0.25, 0.3) is 0 Å². The summed E-state index contributed by atoms with van der Waals surface area (Å²) in [5.41, 5.74) is 0. The van der Waals surface area contributed by atoms with E-state index >= 15 is 0 Å². The van der Waals surface area contributed by atoms with E-state index in [4.69, 9.17) is 4.74 Å². The predicted molar refractivity (Wildman–Crippen MR) is 67.5 cm³/mol. The first kappa shape index (κ1) is 15.4. The van der Waals surface area contributed by atoms with Crippen LogP contribution in [0.2, 0.25) is 0 Å². The van der Waals surface area contributed by atoms with Crippen LogP contribution in [-0.4, -0.2) is 38.1 Å². The summed E-state index contributed by atoms with van der Waals surface area (Å²) >= 11 is 0. The van der Waals surface area contributed by atoms with Gasteiger partial charge in [-0.05, 0) is 19.3 Å². The number of hydrogen-bond acceptors (Lipinski definition) is 2. The molecule has 96 valence electrons. The van der Waals surface area contributed by atoms with Gasteiger partial charge in [0, 0.05) is 20.7 Å². The van der Waals surface area contributed by atoms with Crippen molar-refractivity contribution in [3.63, 3.8) is 0 Å². The number of nitrogens with zero attached hydrogens (tertiary/aromatic N) is 1. The summed E-state index contributed by atoms with van der Waals surface area (Å²) in [6.45, 7) is 3.27. The maximum Gasteiger partial charge on any atom is 0.209 e. The minimum Gasteiger partial charge on any atom is -0.378 e. The molecule has 1 unspecified atom stereocenters. The Morgan fingerprint density at radius 1 is 1.31 bits per heavy atom. The van der Waals surface area contributed by atoms with E-state index < -0.39 is 0 Å². The van der Waals surface area contributed by atoms with Crippen molar-refractivity contribution in [1.29, 1.82) is 0 Å². The van der Waals surface area contributed by atoms with Gasteiger partial charge in [0.05, 0.1) is 6.10 Å². The quantitative estimate of drug-likeness (QED) is 0.518. The molecular weight excluding hydrogens is 202 g/mol. The number of carbonyl (C=O) groups excluding carboxylic acids is 1. The third kappa shape index (κ3) is 9.97. The van der Waals surface area contributed by atoms with Crippen molar-refractivity contribution >= 4 is 6.41 Å². The number of ether oxygens (including phenoxy) is 1. The van der Waals surface area contributed by atoms with Gasteiger partial charge in [-0.2, -0.15) is 0 Å². The maximum atomic E-state index is 9.43. The summed E-state index contributed by atoms with van der Waals surface area (Å²) in [5, 5.41) is 0. The first-order valence-corrected chi connectivity index (χ1v) is 6.44. The normalized spacial score (nSPS) is 18.8. The van der Waals surface area contributed by atoms with E-state index in [1.165, 1.54) is 49.8 Å². The Hall–Kier alpha value is -0.570. The highest BCUT2D eigenvalue weighted by molar-refractivity contribution is 5.45. The van der Waals surface area contributed by atoms with Gasteiger partial charge in [0.25, 0.3) is 0 Å². The minimum absolute atomic E-state index is 0.617. The lowest BCUT2D eigenvalue weighted by Crippen LogP contribution is -2.06. The van der Waals surface area contributed by atoms with Crippen molar-refractivity contribution in [3.05, 3.63) is 0 Å². The highest BCUT2D eigenvalue weighted by Gasteiger charge is 2.13. The topological polar surface area (TPSA) is 29.5 Å². The second kappa shape index (κ2) is 10.9. The Labute approximate surface area is 100 Å². The van der Waals surface area contributed by atoms with Gasteiger partial charge < -0.3 is 9.64 Å². The van der Waals surface area contributed by atoms with Gasteiger partial charge in [-0.3, -0.25) is 4.79 Å². The number of hydrogen-bond donors (Lipinski definition) is 0. The molecule has 0 aromatic carbocycles. The van der Waals surface area contributed by atoms with Crippen LogP contribution < -0.4 is 0 Å². The van der Waals surface area contributed by atoms with Crippen LogP contribution in [0.15, 0.2) is 0 Å². The Kier molecular flexibility index (Phi) is 10.5. The van der Waals surface area contributed by atoms with E-state index in [9.17, 15) is 4.79 Å². The van der Waals surface area contributed by atoms with Crippen LogP contribution in [0.3, 0.4) is 0 Å². The van der Waals surface area contributed by atoms with Crippen LogP contribution in [0.1, 0.15) is 51.9 Å². The van der Waals surface area contributed by atoms with E-state index in [1.807, 2.05) is 0 Å². The first-order valence-electron chi connectivity index (χ1n) is 6.44. The van der Waals surface area contributed by atoms with Gasteiger partial charge in [0.15, 0.2) is 0 Å². The van der Waals surface area contributed by atoms with Crippen molar-refractivity contribution in [2.45, 2.75) is 58.0 Å². The fourth-order valence-electron chi connectivity index (χ4n) is 1.67. The van der Waals surface area contributed by atoms with Gasteiger partial charge in [-0.15, -0.1) is 0 Å². The molecule has 0 bridgehead atoms. The number of amides is 1. The van der Waals surface area contributed by atoms with E-state index in [0.29, 0.717) is 6.10 Å². The zero-order valence-electron chi connectivity index (χ0n) is 11.1. The summed E-state index contributed by atoms with van der Waals surface area (Å²) < 4.78 is 5.53. The zero-order valence-corrected chi connectivity index (χ0v) is 11.1. The van der Waals surface area contributed by atoms with E-state index in [1.54, 1.807) is 14.1 Å². The Morgan fingerprint density at radius 2 is 2.00 bits per heavy atom. The minimum atomic E-state index is 0.617. The molecule has 1 aliphatic rings. The van der Waals surface area contributed by atoms with Gasteiger partial charge >= 0.3 is 0 Å². The Balaban J connectivity index is 0.000000385. The lowest BCUT2D eigenvalue weighted by molar-refractivity contribution is -0.115. The average Bonchev–Trinajstić information content (AvgIpc) is 2.78. The zero-order chi connectivity index (χ0) is 12.2. The third-order valence-corrected chi connectivity index (χ3v) is 2.61. The standard InChI is InChI=1S/C10H20O.C3H7NO/c1-2-3-4-5-7-10-8-6-9-11-10;1-4(2)3-5/h10H,2-9H2,1H3;3H,1-2H3. The smallest absolute Gasteiger partial charge is 0.209 e. The van der Waals surface area contributed by atoms with Crippen molar-refractivity contribution in [2.24, 2.45) is 0 Å². The molecular formula is C13H27NO2. The van der Waals surface area contributed by atoms with Crippen LogP contribution in [0, 0.1) is 0 Å². The van der Waals surface area contributed by atoms with E-state index in [-0.39, 0.29) is 0 Å². The second-order valence-corrected chi connectivity index (χ2v) is 4.55. The Bertz CT molecular complexity index is 154. The molecule has 1 saturated heterocycles. The first-order chi connectivity index (χ1) is 7.70. The molecule has 1 amide bonds. The molecule has 3 nitrogen and oxygen atoms in total. The fraction of sp³-hybridized carbons (Fsp3) is 0.923. The molecule has 16 heavy (non-hydrogen) atoms. The lowest BCUT2D eigenvalue weighted by atomic mass is 10.1. The van der Waals surface area contributed by atoms with Gasteiger partial charge in [-0.1, -0.05) is 32.6 Å². The predicted octanol–water partition coefficient (Wildman–Crippen LogP) is 2.84. The van der Waals surface area contributed by atoms with Crippen molar-refractivity contribution in [1.82, 2.24) is 4.90 Å². The molecule has 0 aromatic rings. The molecule has 0 saturated carbocycles. The summed E-state index contributed by atoms with van der Waals surface area (Å²) in [4.78, 5) is 10.9. The van der Waals surface area contributed by atoms with Crippen LogP contribution in [0.5, 0.6) is 0 Å². The molecule has 1 atom stereocenters. The largest absolute Gasteiger partial charge is 0.378 e. The highest BCUT2D eigenvalue weighted by atomic mass is 16.5. The average molecular weight is 229 g/mol. The van der Waals surface area contributed by atoms with Crippen LogP contribution in [0.4, 0.5) is 0 Å². The number of rotatable bonds is 6. The van der Waals surface area contributed by atoms with Gasteiger partial charge in [0.1, 0.15) is 0 Å². The summed E-state index contributed by atoms with van der Waals surface area (Å²) in [5.74, 6) is 0. The van der Waals surface area contributed by atoms with Gasteiger partial charge in [-0.25, -0.2) is 0 Å². The molecule has 1 aliphatic heterocycles. The third-order valence-electron chi connectivity index (χ3n) is 2.61. The fourth-order valence-corrected chi connectivity index (χ4v) is 1.67. The molecule has 3 heteroatoms. The van der Waals surface area contributed by atoms with Crippen LogP contribution in [-0.2, 0) is 9.53 Å². The highest BCUT2D eigenvalue weighted by Crippen LogP contribution is 2.18. The molecule has 1 fully saturated rings. The molecule has 1 heterocycles. The van der Waals surface area contributed by atoms with Crippen molar-refractivity contribution in [3.8, 4) is 0 Å². The van der Waals surface area contributed by atoms with Gasteiger partial charge in [0.2, 0.25) is 6.41 Å². The monoisotopic (exact) mass is 229 g/mol. The molecule has 0 spiro atoms. The number of carbonyl (C=O) groups is 1. The SMILES string of the molecule is CCCCCCC1CCCO1.CN(C)C=O. The second-order valence-electron chi connectivity index (χ2n) is 4.55. The molecule has 0 aliphatic carbocycles. The summed E-state index contributed by atoms with van der Waals surface area (Å²) in [7, 11) is 3.38. The summed E-state index contributed by atoms with van der Waals surface area (Å²) in [6, 6.07) is 0. The van der Waals surface area contributed by atoms with Crippen molar-refractivity contribution < 1.29 is 9.53 Å². The molecule has 0 N–H and O–H groups in total.